The standard InChI is InChI=1S/C14H20N4O3/c19-12-7-6-11(17-18-12)14(21)16-9-8-15-13(20)10-4-2-1-3-5-10/h6-7,10H,1-5,8-9H2,(H,15,20)(H,16,21)(H,18,19). The first-order valence-electron chi connectivity index (χ1n) is 7.28. The second-order valence-corrected chi connectivity index (χ2v) is 5.19. The van der Waals surface area contributed by atoms with Crippen molar-refractivity contribution in [2.75, 3.05) is 13.1 Å². The number of nitrogens with zero attached hydrogens (tertiary/aromatic N) is 1. The van der Waals surface area contributed by atoms with E-state index in [1.54, 1.807) is 0 Å². The molecule has 7 heteroatoms. The largest absolute Gasteiger partial charge is 0.354 e. The maximum absolute atomic E-state index is 11.9. The molecule has 0 radical (unpaired) electrons. The van der Waals surface area contributed by atoms with Crippen molar-refractivity contribution in [1.29, 1.82) is 0 Å². The minimum absolute atomic E-state index is 0.0751. The molecule has 2 amide bonds. The van der Waals surface area contributed by atoms with Crippen LogP contribution >= 0.6 is 0 Å². The summed E-state index contributed by atoms with van der Waals surface area (Å²) in [5.41, 5.74) is -0.209. The third kappa shape index (κ3) is 4.70. The molecule has 1 aliphatic carbocycles. The smallest absolute Gasteiger partial charge is 0.271 e. The summed E-state index contributed by atoms with van der Waals surface area (Å²) in [6.45, 7) is 0.725. The Bertz CT molecular complexity index is 529. The fourth-order valence-corrected chi connectivity index (χ4v) is 2.43. The lowest BCUT2D eigenvalue weighted by Gasteiger charge is -2.20. The molecule has 1 aliphatic rings. The number of hydrogen-bond acceptors (Lipinski definition) is 4. The van der Waals surface area contributed by atoms with E-state index in [0.29, 0.717) is 13.1 Å². The molecule has 0 aliphatic heterocycles. The first-order valence-corrected chi connectivity index (χ1v) is 7.28. The molecular weight excluding hydrogens is 272 g/mol. The van der Waals surface area contributed by atoms with Crippen molar-refractivity contribution in [3.8, 4) is 0 Å². The number of hydrogen-bond donors (Lipinski definition) is 3. The number of rotatable bonds is 5. The number of amides is 2. The summed E-state index contributed by atoms with van der Waals surface area (Å²) in [6, 6.07) is 2.60. The third-order valence-electron chi connectivity index (χ3n) is 3.60. The van der Waals surface area contributed by atoms with Crippen molar-refractivity contribution >= 4 is 11.8 Å². The average Bonchev–Trinajstić information content (AvgIpc) is 2.52. The van der Waals surface area contributed by atoms with Crippen LogP contribution in [-0.4, -0.2) is 35.1 Å². The van der Waals surface area contributed by atoms with Gasteiger partial charge in [0.2, 0.25) is 5.91 Å². The van der Waals surface area contributed by atoms with Gasteiger partial charge in [-0.1, -0.05) is 19.3 Å². The van der Waals surface area contributed by atoms with E-state index in [9.17, 15) is 14.4 Å². The number of H-pyrrole nitrogens is 1. The van der Waals surface area contributed by atoms with E-state index in [1.165, 1.54) is 18.6 Å². The zero-order valence-electron chi connectivity index (χ0n) is 11.9. The summed E-state index contributed by atoms with van der Waals surface area (Å²) in [5, 5.41) is 11.3. The van der Waals surface area contributed by atoms with Crippen LogP contribution in [0.15, 0.2) is 16.9 Å². The van der Waals surface area contributed by atoms with Gasteiger partial charge in [-0.05, 0) is 18.9 Å². The quantitative estimate of drug-likeness (QED) is 0.674. The van der Waals surface area contributed by atoms with Gasteiger partial charge < -0.3 is 10.6 Å². The molecule has 0 saturated heterocycles. The monoisotopic (exact) mass is 292 g/mol. The van der Waals surface area contributed by atoms with Gasteiger partial charge in [0.05, 0.1) is 0 Å². The van der Waals surface area contributed by atoms with Crippen LogP contribution < -0.4 is 16.2 Å². The Hall–Kier alpha value is -2.18. The van der Waals surface area contributed by atoms with Crippen molar-refractivity contribution in [2.24, 2.45) is 5.92 Å². The summed E-state index contributed by atoms with van der Waals surface area (Å²) in [5.74, 6) is -0.181. The predicted octanol–water partition coefficient (Wildman–Crippen LogP) is 0.196. The molecule has 3 N–H and O–H groups in total. The van der Waals surface area contributed by atoms with Gasteiger partial charge in [0.1, 0.15) is 5.69 Å². The lowest BCUT2D eigenvalue weighted by molar-refractivity contribution is -0.125. The normalized spacial score (nSPS) is 15.4. The molecular formula is C14H20N4O3. The molecule has 0 spiro atoms. The number of carbonyl (C=O) groups is 2. The van der Waals surface area contributed by atoms with Gasteiger partial charge in [-0.2, -0.15) is 5.10 Å². The van der Waals surface area contributed by atoms with Crippen LogP contribution in [0.25, 0.3) is 0 Å². The Labute approximate surface area is 122 Å². The highest BCUT2D eigenvalue weighted by Gasteiger charge is 2.20. The molecule has 0 bridgehead atoms. The molecule has 21 heavy (non-hydrogen) atoms. The summed E-state index contributed by atoms with van der Waals surface area (Å²) >= 11 is 0. The van der Waals surface area contributed by atoms with Gasteiger partial charge in [0.15, 0.2) is 0 Å². The second-order valence-electron chi connectivity index (χ2n) is 5.19. The minimum atomic E-state index is -0.377. The van der Waals surface area contributed by atoms with Crippen LogP contribution in [0.5, 0.6) is 0 Å². The molecule has 0 unspecified atom stereocenters. The van der Waals surface area contributed by atoms with Crippen molar-refractivity contribution in [3.05, 3.63) is 28.2 Å². The summed E-state index contributed by atoms with van der Waals surface area (Å²) < 4.78 is 0. The first-order chi connectivity index (χ1) is 10.2. The van der Waals surface area contributed by atoms with Crippen LogP contribution in [0.4, 0.5) is 0 Å². The lowest BCUT2D eigenvalue weighted by Crippen LogP contribution is -2.38. The molecule has 1 saturated carbocycles. The SMILES string of the molecule is O=C(NCCNC(=O)C1CCCCC1)c1ccc(=O)[nH]n1. The summed E-state index contributed by atoms with van der Waals surface area (Å²) in [4.78, 5) is 34.4. The van der Waals surface area contributed by atoms with E-state index in [1.807, 2.05) is 0 Å². The predicted molar refractivity (Wildman–Crippen MR) is 76.8 cm³/mol. The topological polar surface area (TPSA) is 104 Å². The second kappa shape index (κ2) is 7.56. The molecule has 1 aromatic rings. The Morgan fingerprint density at radius 1 is 1.14 bits per heavy atom. The Morgan fingerprint density at radius 3 is 2.52 bits per heavy atom. The fraction of sp³-hybridized carbons (Fsp3) is 0.571. The Kier molecular flexibility index (Phi) is 5.48. The van der Waals surface area contributed by atoms with Gasteiger partial charge in [-0.25, -0.2) is 5.10 Å². The Balaban J connectivity index is 1.67. The molecule has 114 valence electrons. The molecule has 1 aromatic heterocycles. The average molecular weight is 292 g/mol. The summed E-state index contributed by atoms with van der Waals surface area (Å²) in [7, 11) is 0. The van der Waals surface area contributed by atoms with E-state index in [-0.39, 0.29) is 29.0 Å². The van der Waals surface area contributed by atoms with Gasteiger partial charge in [0, 0.05) is 25.1 Å². The highest BCUT2D eigenvalue weighted by molar-refractivity contribution is 5.92. The van der Waals surface area contributed by atoms with E-state index in [4.69, 9.17) is 0 Å². The van der Waals surface area contributed by atoms with Gasteiger partial charge in [-0.3, -0.25) is 14.4 Å². The zero-order valence-corrected chi connectivity index (χ0v) is 11.9. The van der Waals surface area contributed by atoms with Crippen LogP contribution in [-0.2, 0) is 4.79 Å². The Morgan fingerprint density at radius 2 is 1.86 bits per heavy atom. The van der Waals surface area contributed by atoms with Crippen LogP contribution in [0, 0.1) is 5.92 Å². The molecule has 0 atom stereocenters. The highest BCUT2D eigenvalue weighted by Crippen LogP contribution is 2.23. The first kappa shape index (κ1) is 15.2. The molecule has 0 aromatic carbocycles. The maximum Gasteiger partial charge on any atom is 0.271 e. The van der Waals surface area contributed by atoms with Gasteiger partial charge >= 0.3 is 0 Å². The van der Waals surface area contributed by atoms with E-state index in [2.05, 4.69) is 20.8 Å². The number of aromatic amines is 1. The molecule has 1 fully saturated rings. The van der Waals surface area contributed by atoms with E-state index >= 15 is 0 Å². The molecule has 2 rings (SSSR count). The van der Waals surface area contributed by atoms with Gasteiger partial charge in [0.25, 0.3) is 11.5 Å². The van der Waals surface area contributed by atoms with Gasteiger partial charge in [-0.15, -0.1) is 0 Å². The molecule has 1 heterocycles. The van der Waals surface area contributed by atoms with Crippen molar-refractivity contribution < 1.29 is 9.59 Å². The molecule has 7 nitrogen and oxygen atoms in total. The van der Waals surface area contributed by atoms with Crippen molar-refractivity contribution in [1.82, 2.24) is 20.8 Å². The number of aromatic nitrogens is 2. The summed E-state index contributed by atoms with van der Waals surface area (Å²) in [6.07, 6.45) is 5.37. The zero-order chi connectivity index (χ0) is 15.1. The minimum Gasteiger partial charge on any atom is -0.354 e. The number of nitrogens with one attached hydrogen (secondary N) is 3. The highest BCUT2D eigenvalue weighted by atomic mass is 16.2. The lowest BCUT2D eigenvalue weighted by atomic mass is 9.89. The number of carbonyl (C=O) groups excluding carboxylic acids is 2. The van der Waals surface area contributed by atoms with Crippen LogP contribution in [0.3, 0.4) is 0 Å². The van der Waals surface area contributed by atoms with Crippen molar-refractivity contribution in [3.63, 3.8) is 0 Å². The van der Waals surface area contributed by atoms with E-state index < -0.39 is 0 Å². The van der Waals surface area contributed by atoms with Crippen LogP contribution in [0.2, 0.25) is 0 Å². The van der Waals surface area contributed by atoms with Crippen molar-refractivity contribution in [2.45, 2.75) is 32.1 Å². The van der Waals surface area contributed by atoms with E-state index in [0.717, 1.165) is 25.7 Å². The van der Waals surface area contributed by atoms with Crippen LogP contribution in [0.1, 0.15) is 42.6 Å². The maximum atomic E-state index is 11.9. The third-order valence-corrected chi connectivity index (χ3v) is 3.60. The fourth-order valence-electron chi connectivity index (χ4n) is 2.43.